The molecule has 38 heavy (non-hydrogen) atoms. The van der Waals surface area contributed by atoms with E-state index >= 15 is 0 Å². The molecule has 2 heterocycles. The van der Waals surface area contributed by atoms with Crippen molar-refractivity contribution in [3.05, 3.63) is 53.6 Å². The van der Waals surface area contributed by atoms with E-state index in [0.29, 0.717) is 44.2 Å². The monoisotopic (exact) mass is 524 g/mol. The van der Waals surface area contributed by atoms with E-state index in [9.17, 15) is 9.59 Å². The van der Waals surface area contributed by atoms with Crippen LogP contribution in [0.3, 0.4) is 0 Å². The Labute approximate surface area is 223 Å². The fourth-order valence-electron chi connectivity index (χ4n) is 4.70. The van der Waals surface area contributed by atoms with Crippen LogP contribution in [0.25, 0.3) is 0 Å². The molecule has 2 aromatic carbocycles. The van der Waals surface area contributed by atoms with Crippen molar-refractivity contribution in [3.63, 3.8) is 0 Å². The number of benzene rings is 2. The van der Waals surface area contributed by atoms with Gasteiger partial charge in [0, 0.05) is 51.2 Å². The summed E-state index contributed by atoms with van der Waals surface area (Å²) in [7, 11) is 4.81. The average Bonchev–Trinajstić information content (AvgIpc) is 3.40. The maximum absolute atomic E-state index is 13.7. The Morgan fingerprint density at radius 1 is 1.00 bits per heavy atom. The molecule has 204 valence electrons. The second-order valence-corrected chi connectivity index (χ2v) is 9.24. The van der Waals surface area contributed by atoms with Crippen molar-refractivity contribution in [1.82, 2.24) is 14.8 Å². The largest absolute Gasteiger partial charge is 0.497 e. The molecule has 0 bridgehead atoms. The van der Waals surface area contributed by atoms with Gasteiger partial charge in [-0.2, -0.15) is 5.10 Å². The number of hydrogen-bond acceptors (Lipinski definition) is 8. The van der Waals surface area contributed by atoms with Crippen LogP contribution in [0.15, 0.2) is 47.6 Å². The minimum atomic E-state index is -0.330. The Hall–Kier alpha value is -3.63. The number of rotatable bonds is 10. The lowest BCUT2D eigenvalue weighted by atomic mass is 9.97. The zero-order chi connectivity index (χ0) is 27.1. The topological polar surface area (TPSA) is 93.1 Å². The van der Waals surface area contributed by atoms with Crippen molar-refractivity contribution < 1.29 is 28.5 Å². The summed E-state index contributed by atoms with van der Waals surface area (Å²) in [5.74, 6) is 1.62. The van der Waals surface area contributed by atoms with Gasteiger partial charge in [0.25, 0.3) is 5.91 Å². The first-order valence-electron chi connectivity index (χ1n) is 12.7. The second-order valence-electron chi connectivity index (χ2n) is 9.24. The van der Waals surface area contributed by atoms with Crippen molar-refractivity contribution in [2.24, 2.45) is 5.10 Å². The van der Waals surface area contributed by atoms with E-state index in [-0.39, 0.29) is 24.4 Å². The zero-order valence-corrected chi connectivity index (χ0v) is 22.5. The molecule has 0 N–H and O–H groups in total. The number of carbonyl (C=O) groups is 2. The summed E-state index contributed by atoms with van der Waals surface area (Å²) >= 11 is 0. The Balaban J connectivity index is 1.58. The average molecular weight is 525 g/mol. The molecular weight excluding hydrogens is 488 g/mol. The quantitative estimate of drug-likeness (QED) is 0.472. The lowest BCUT2D eigenvalue weighted by Crippen LogP contribution is -2.45. The molecule has 0 saturated carbocycles. The molecule has 1 fully saturated rings. The Morgan fingerprint density at radius 2 is 1.68 bits per heavy atom. The highest BCUT2D eigenvalue weighted by molar-refractivity contribution is 6.05. The molecule has 0 unspecified atom stereocenters. The minimum Gasteiger partial charge on any atom is -0.497 e. The Morgan fingerprint density at radius 3 is 2.32 bits per heavy atom. The zero-order valence-electron chi connectivity index (χ0n) is 22.5. The van der Waals surface area contributed by atoms with Gasteiger partial charge in [0.05, 0.1) is 46.3 Å². The molecule has 2 aliphatic rings. The van der Waals surface area contributed by atoms with Gasteiger partial charge in [-0.3, -0.25) is 14.5 Å². The van der Waals surface area contributed by atoms with Gasteiger partial charge in [-0.15, -0.1) is 0 Å². The number of nitrogens with zero attached hydrogens (tertiary/aromatic N) is 4. The molecule has 4 rings (SSSR count). The molecule has 10 heteroatoms. The normalized spacial score (nSPS) is 17.6. The van der Waals surface area contributed by atoms with Gasteiger partial charge in [-0.25, -0.2) is 5.01 Å². The molecule has 2 aliphatic heterocycles. The van der Waals surface area contributed by atoms with E-state index < -0.39 is 0 Å². The number of amides is 2. The maximum atomic E-state index is 13.7. The Kier molecular flexibility index (Phi) is 9.19. The summed E-state index contributed by atoms with van der Waals surface area (Å²) in [5.41, 5.74) is 2.44. The third-order valence-electron chi connectivity index (χ3n) is 6.95. The third-order valence-corrected chi connectivity index (χ3v) is 6.95. The van der Waals surface area contributed by atoms with Gasteiger partial charge in [0.2, 0.25) is 5.91 Å². The van der Waals surface area contributed by atoms with Crippen LogP contribution in [-0.4, -0.2) is 99.6 Å². The van der Waals surface area contributed by atoms with Crippen LogP contribution in [0.4, 0.5) is 0 Å². The lowest BCUT2D eigenvalue weighted by molar-refractivity contribution is -0.140. The smallest absolute Gasteiger partial charge is 0.262 e. The lowest BCUT2D eigenvalue weighted by Gasteiger charge is -2.30. The van der Waals surface area contributed by atoms with E-state index in [0.717, 1.165) is 35.7 Å². The van der Waals surface area contributed by atoms with Crippen LogP contribution < -0.4 is 14.2 Å². The number of hydrogen-bond donors (Lipinski definition) is 0. The highest BCUT2D eigenvalue weighted by Crippen LogP contribution is 2.36. The first-order chi connectivity index (χ1) is 18.4. The van der Waals surface area contributed by atoms with Gasteiger partial charge in [-0.1, -0.05) is 12.1 Å². The summed E-state index contributed by atoms with van der Waals surface area (Å²) in [5, 5.41) is 6.27. The van der Waals surface area contributed by atoms with Gasteiger partial charge < -0.3 is 23.8 Å². The van der Waals surface area contributed by atoms with Gasteiger partial charge in [0.1, 0.15) is 23.8 Å². The molecular formula is C28H36N4O6. The summed E-state index contributed by atoms with van der Waals surface area (Å²) in [6, 6.07) is 12.8. The molecule has 0 aromatic heterocycles. The number of morpholine rings is 1. The van der Waals surface area contributed by atoms with Crippen molar-refractivity contribution in [2.75, 3.05) is 67.3 Å². The predicted molar refractivity (Wildman–Crippen MR) is 143 cm³/mol. The number of methoxy groups -OCH3 is 3. The summed E-state index contributed by atoms with van der Waals surface area (Å²) in [4.78, 5) is 29.9. The summed E-state index contributed by atoms with van der Waals surface area (Å²) in [6.07, 6.45) is 0.495. The summed E-state index contributed by atoms with van der Waals surface area (Å²) in [6.45, 7) is 5.61. The van der Waals surface area contributed by atoms with Crippen LogP contribution in [0.5, 0.6) is 17.2 Å². The molecule has 0 aliphatic carbocycles. The van der Waals surface area contributed by atoms with Gasteiger partial charge in [-0.05, 0) is 29.8 Å². The van der Waals surface area contributed by atoms with Gasteiger partial charge >= 0.3 is 0 Å². The standard InChI is InChI=1S/C28H36N4O6/c1-20(33)31(12-11-30-13-15-38-16-14-30)19-28(34)32-26(21-5-7-22(35-2)8-6-21)18-25(29-32)24-10-9-23(36-3)17-27(24)37-4/h5-10,17,26H,11-16,18-19H2,1-4H3/t26-/m1/s1. The molecule has 1 saturated heterocycles. The van der Waals surface area contributed by atoms with Crippen molar-refractivity contribution in [3.8, 4) is 17.2 Å². The van der Waals surface area contributed by atoms with Crippen LogP contribution in [0.1, 0.15) is 30.5 Å². The molecule has 10 nitrogen and oxygen atoms in total. The Bertz CT molecular complexity index is 1150. The fraction of sp³-hybridized carbons (Fsp3) is 0.464. The van der Waals surface area contributed by atoms with E-state index in [4.69, 9.17) is 24.0 Å². The van der Waals surface area contributed by atoms with E-state index in [1.54, 1.807) is 32.3 Å². The SMILES string of the molecule is COc1ccc([C@H]2CC(c3ccc(OC)cc3OC)=NN2C(=O)CN(CCN2CCOCC2)C(C)=O)cc1. The highest BCUT2D eigenvalue weighted by Gasteiger charge is 2.35. The van der Waals surface area contributed by atoms with Crippen LogP contribution >= 0.6 is 0 Å². The first-order valence-corrected chi connectivity index (χ1v) is 12.7. The third kappa shape index (κ3) is 6.43. The molecule has 1 atom stereocenters. The minimum absolute atomic E-state index is 0.0527. The van der Waals surface area contributed by atoms with E-state index in [1.165, 1.54) is 11.9 Å². The number of ether oxygens (including phenoxy) is 4. The van der Waals surface area contributed by atoms with Crippen molar-refractivity contribution >= 4 is 17.5 Å². The molecule has 0 spiro atoms. The van der Waals surface area contributed by atoms with Crippen LogP contribution in [0.2, 0.25) is 0 Å². The van der Waals surface area contributed by atoms with E-state index in [2.05, 4.69) is 4.90 Å². The second kappa shape index (κ2) is 12.7. The molecule has 0 radical (unpaired) electrons. The summed E-state index contributed by atoms with van der Waals surface area (Å²) < 4.78 is 21.7. The predicted octanol–water partition coefficient (Wildman–Crippen LogP) is 2.57. The number of carbonyl (C=O) groups excluding carboxylic acids is 2. The molecule has 2 amide bonds. The maximum Gasteiger partial charge on any atom is 0.262 e. The van der Waals surface area contributed by atoms with Crippen molar-refractivity contribution in [1.29, 1.82) is 0 Å². The van der Waals surface area contributed by atoms with Gasteiger partial charge in [0.15, 0.2) is 0 Å². The van der Waals surface area contributed by atoms with Crippen LogP contribution in [0, 0.1) is 0 Å². The first kappa shape index (κ1) is 27.4. The fourth-order valence-corrected chi connectivity index (χ4v) is 4.70. The van der Waals surface area contributed by atoms with Crippen molar-refractivity contribution in [2.45, 2.75) is 19.4 Å². The number of hydrazone groups is 1. The molecule has 2 aromatic rings. The highest BCUT2D eigenvalue weighted by atomic mass is 16.5. The van der Waals surface area contributed by atoms with Crippen LogP contribution in [-0.2, 0) is 14.3 Å². The van der Waals surface area contributed by atoms with E-state index in [1.807, 2.05) is 36.4 Å².